The van der Waals surface area contributed by atoms with Crippen molar-refractivity contribution >= 4 is 5.69 Å². The molecule has 0 fully saturated rings. The van der Waals surface area contributed by atoms with Crippen LogP contribution in [0.2, 0.25) is 0 Å². The molecule has 3 nitrogen and oxygen atoms in total. The first kappa shape index (κ1) is 10.9. The van der Waals surface area contributed by atoms with Gasteiger partial charge in [-0.15, -0.1) is 0 Å². The molecule has 0 aliphatic rings. The normalized spacial score (nSPS) is 10.4. The molecule has 3 heteroatoms. The van der Waals surface area contributed by atoms with Gasteiger partial charge in [0.05, 0.1) is 5.69 Å². The highest BCUT2D eigenvalue weighted by molar-refractivity contribution is 5.57. The first-order valence-electron chi connectivity index (χ1n) is 4.89. The van der Waals surface area contributed by atoms with Crippen molar-refractivity contribution in [1.29, 1.82) is 0 Å². The van der Waals surface area contributed by atoms with Gasteiger partial charge in [0.1, 0.15) is 5.75 Å². The smallest absolute Gasteiger partial charge is 0.138 e. The number of benzene rings is 1. The lowest BCUT2D eigenvalue weighted by molar-refractivity contribution is 0.145. The van der Waals surface area contributed by atoms with Gasteiger partial charge in [-0.2, -0.15) is 0 Å². The quantitative estimate of drug-likeness (QED) is 0.429. The summed E-state index contributed by atoms with van der Waals surface area (Å²) >= 11 is 0. The molecule has 78 valence electrons. The zero-order valence-electron chi connectivity index (χ0n) is 8.49. The van der Waals surface area contributed by atoms with E-state index in [1.54, 1.807) is 6.07 Å². The van der Waals surface area contributed by atoms with Gasteiger partial charge < -0.3 is 15.6 Å². The number of para-hydroxylation sites is 1. The van der Waals surface area contributed by atoms with Crippen molar-refractivity contribution in [3.05, 3.63) is 23.8 Å². The molecule has 0 heterocycles. The fourth-order valence-corrected chi connectivity index (χ4v) is 1.33. The van der Waals surface area contributed by atoms with Crippen LogP contribution in [0.25, 0.3) is 0 Å². The monoisotopic (exact) mass is 195 g/mol. The summed E-state index contributed by atoms with van der Waals surface area (Å²) in [4.78, 5) is 0. The maximum Gasteiger partial charge on any atom is 0.138 e. The van der Waals surface area contributed by atoms with Crippen LogP contribution >= 0.6 is 0 Å². The Balaban J connectivity index is 2.46. The van der Waals surface area contributed by atoms with Gasteiger partial charge in [0.25, 0.3) is 0 Å². The summed E-state index contributed by atoms with van der Waals surface area (Å²) in [7, 11) is 0. The minimum Gasteiger partial charge on any atom is -0.506 e. The van der Waals surface area contributed by atoms with E-state index in [1.807, 2.05) is 19.1 Å². The third-order valence-corrected chi connectivity index (χ3v) is 2.11. The Kier molecular flexibility index (Phi) is 4.26. The van der Waals surface area contributed by atoms with Crippen molar-refractivity contribution in [2.45, 2.75) is 19.8 Å². The van der Waals surface area contributed by atoms with Gasteiger partial charge in [0.2, 0.25) is 0 Å². The van der Waals surface area contributed by atoms with E-state index >= 15 is 0 Å². The van der Waals surface area contributed by atoms with Crippen LogP contribution in [0, 0.1) is 0 Å². The lowest BCUT2D eigenvalue weighted by Crippen LogP contribution is -1.99. The molecule has 0 saturated carbocycles. The van der Waals surface area contributed by atoms with E-state index in [-0.39, 0.29) is 5.75 Å². The summed E-state index contributed by atoms with van der Waals surface area (Å²) in [6, 6.07) is 5.34. The topological polar surface area (TPSA) is 55.5 Å². The molecule has 1 aromatic rings. The van der Waals surface area contributed by atoms with Crippen molar-refractivity contribution in [2.24, 2.45) is 0 Å². The Morgan fingerprint density at radius 1 is 1.43 bits per heavy atom. The zero-order valence-corrected chi connectivity index (χ0v) is 8.49. The van der Waals surface area contributed by atoms with Crippen LogP contribution < -0.4 is 5.73 Å². The highest BCUT2D eigenvalue weighted by Gasteiger charge is 2.02. The number of ether oxygens (including phenoxy) is 1. The maximum atomic E-state index is 9.35. The summed E-state index contributed by atoms with van der Waals surface area (Å²) in [6.07, 6.45) is 1.78. The molecule has 0 bridgehead atoms. The molecule has 1 aromatic carbocycles. The largest absolute Gasteiger partial charge is 0.506 e. The molecule has 0 radical (unpaired) electrons. The lowest BCUT2D eigenvalue weighted by atomic mass is 10.1. The molecular formula is C11H17NO2. The van der Waals surface area contributed by atoms with Crippen molar-refractivity contribution in [2.75, 3.05) is 18.9 Å². The lowest BCUT2D eigenvalue weighted by Gasteiger charge is -2.06. The Bertz CT molecular complexity index is 287. The minimum atomic E-state index is 0.166. The second-order valence-electron chi connectivity index (χ2n) is 3.15. The minimum absolute atomic E-state index is 0.166. The molecule has 3 N–H and O–H groups in total. The standard InChI is InChI=1S/C11H17NO2/c1-2-14-8-4-6-9-5-3-7-10(13)11(9)12/h3,5,7,13H,2,4,6,8,12H2,1H3. The Hall–Kier alpha value is -1.22. The second-order valence-corrected chi connectivity index (χ2v) is 3.15. The number of nitrogens with two attached hydrogens (primary N) is 1. The van der Waals surface area contributed by atoms with Crippen molar-refractivity contribution < 1.29 is 9.84 Å². The zero-order chi connectivity index (χ0) is 10.4. The number of aryl methyl sites for hydroxylation is 1. The average molecular weight is 195 g/mol. The molecule has 0 aliphatic carbocycles. The summed E-state index contributed by atoms with van der Waals surface area (Å²) in [5, 5.41) is 9.35. The number of phenols is 1. The van der Waals surface area contributed by atoms with E-state index in [0.717, 1.165) is 31.6 Å². The van der Waals surface area contributed by atoms with Gasteiger partial charge in [-0.25, -0.2) is 0 Å². The number of rotatable bonds is 5. The van der Waals surface area contributed by atoms with Gasteiger partial charge in [0.15, 0.2) is 0 Å². The summed E-state index contributed by atoms with van der Waals surface area (Å²) in [6.45, 7) is 3.46. The fraction of sp³-hybridized carbons (Fsp3) is 0.455. The Morgan fingerprint density at radius 2 is 2.21 bits per heavy atom. The van der Waals surface area contributed by atoms with Gasteiger partial charge in [-0.3, -0.25) is 0 Å². The summed E-state index contributed by atoms with van der Waals surface area (Å²) < 4.78 is 5.22. The van der Waals surface area contributed by atoms with Crippen molar-refractivity contribution in [3.63, 3.8) is 0 Å². The molecule has 0 atom stereocenters. The summed E-state index contributed by atoms with van der Waals surface area (Å²) in [5.74, 6) is 0.166. The van der Waals surface area contributed by atoms with Gasteiger partial charge in [-0.1, -0.05) is 12.1 Å². The molecule has 0 spiro atoms. The summed E-state index contributed by atoms with van der Waals surface area (Å²) in [5.41, 5.74) is 7.19. The van der Waals surface area contributed by atoms with Crippen LogP contribution in [0.1, 0.15) is 18.9 Å². The number of aromatic hydroxyl groups is 1. The van der Waals surface area contributed by atoms with Crippen LogP contribution in [0.4, 0.5) is 5.69 Å². The third kappa shape index (κ3) is 2.92. The maximum absolute atomic E-state index is 9.35. The van der Waals surface area contributed by atoms with E-state index in [1.165, 1.54) is 0 Å². The van der Waals surface area contributed by atoms with Crippen LogP contribution in [-0.2, 0) is 11.2 Å². The van der Waals surface area contributed by atoms with Gasteiger partial charge in [-0.05, 0) is 31.4 Å². The second kappa shape index (κ2) is 5.50. The number of hydrogen-bond donors (Lipinski definition) is 2. The van der Waals surface area contributed by atoms with E-state index in [9.17, 15) is 5.11 Å². The first-order valence-corrected chi connectivity index (χ1v) is 4.89. The van der Waals surface area contributed by atoms with E-state index in [0.29, 0.717) is 5.69 Å². The molecular weight excluding hydrogens is 178 g/mol. The fourth-order valence-electron chi connectivity index (χ4n) is 1.33. The van der Waals surface area contributed by atoms with Gasteiger partial charge in [0, 0.05) is 13.2 Å². The SMILES string of the molecule is CCOCCCc1cccc(O)c1N. The van der Waals surface area contributed by atoms with Crippen LogP contribution in [0.5, 0.6) is 5.75 Å². The predicted molar refractivity (Wildman–Crippen MR) is 57.3 cm³/mol. The van der Waals surface area contributed by atoms with Crippen molar-refractivity contribution in [1.82, 2.24) is 0 Å². The molecule has 1 rings (SSSR count). The Morgan fingerprint density at radius 3 is 2.93 bits per heavy atom. The molecule has 0 aliphatic heterocycles. The van der Waals surface area contributed by atoms with Gasteiger partial charge >= 0.3 is 0 Å². The molecule has 0 aromatic heterocycles. The molecule has 0 saturated heterocycles. The van der Waals surface area contributed by atoms with Crippen LogP contribution in [0.3, 0.4) is 0 Å². The number of nitrogen functional groups attached to an aromatic ring is 1. The van der Waals surface area contributed by atoms with E-state index < -0.39 is 0 Å². The molecule has 0 amide bonds. The van der Waals surface area contributed by atoms with Crippen molar-refractivity contribution in [3.8, 4) is 5.75 Å². The van der Waals surface area contributed by atoms with Crippen LogP contribution in [0.15, 0.2) is 18.2 Å². The molecule has 0 unspecified atom stereocenters. The Labute approximate surface area is 84.5 Å². The molecule has 14 heavy (non-hydrogen) atoms. The first-order chi connectivity index (χ1) is 6.75. The highest BCUT2D eigenvalue weighted by atomic mass is 16.5. The van der Waals surface area contributed by atoms with E-state index in [2.05, 4.69) is 0 Å². The number of hydrogen-bond acceptors (Lipinski definition) is 3. The highest BCUT2D eigenvalue weighted by Crippen LogP contribution is 2.24. The van der Waals surface area contributed by atoms with Crippen LogP contribution in [-0.4, -0.2) is 18.3 Å². The number of anilines is 1. The average Bonchev–Trinajstić information content (AvgIpc) is 2.19. The van der Waals surface area contributed by atoms with E-state index in [4.69, 9.17) is 10.5 Å². The number of phenolic OH excluding ortho intramolecular Hbond substituents is 1. The predicted octanol–water partition coefficient (Wildman–Crippen LogP) is 1.94. The third-order valence-electron chi connectivity index (χ3n) is 2.11.